The topological polar surface area (TPSA) is 48.0 Å². The fourth-order valence-electron chi connectivity index (χ4n) is 8.28. The largest absolute Gasteiger partial charge is 0.456 e. The van der Waals surface area contributed by atoms with E-state index in [1.165, 1.54) is 0 Å². The second-order valence-corrected chi connectivity index (χ2v) is 13.6. The predicted molar refractivity (Wildman–Crippen MR) is 212 cm³/mol. The van der Waals surface area contributed by atoms with Crippen LogP contribution in [0.3, 0.4) is 0 Å². The number of rotatable bonds is 3. The zero-order valence-corrected chi connectivity index (χ0v) is 28.2. The average molecular weight is 682 g/mol. The lowest BCUT2D eigenvalue weighted by Crippen LogP contribution is -2.20. The van der Waals surface area contributed by atoms with Gasteiger partial charge in [-0.25, -0.2) is 0 Å². The fraction of sp³-hybridized carbons (Fsp3) is 0. The van der Waals surface area contributed by atoms with E-state index in [9.17, 15) is 0 Å². The van der Waals surface area contributed by atoms with E-state index in [0.29, 0.717) is 0 Å². The van der Waals surface area contributed by atoms with Crippen LogP contribution in [0.25, 0.3) is 77.3 Å². The van der Waals surface area contributed by atoms with Gasteiger partial charge in [0, 0.05) is 21.5 Å². The Morgan fingerprint density at radius 3 is 1.43 bits per heavy atom. The van der Waals surface area contributed by atoms with Gasteiger partial charge in [-0.15, -0.1) is 0 Å². The molecule has 8 aromatic carbocycles. The van der Waals surface area contributed by atoms with Crippen LogP contribution in [-0.2, 0) is 0 Å². The van der Waals surface area contributed by atoms with Crippen LogP contribution in [0.1, 0.15) is 0 Å². The Balaban J connectivity index is 0.935. The monoisotopic (exact) mass is 681 g/mol. The first-order valence-corrected chi connectivity index (χ1v) is 17.7. The first-order chi connectivity index (χ1) is 26.2. The molecule has 4 heterocycles. The Hall–Kier alpha value is -7.24. The van der Waals surface area contributed by atoms with Crippen molar-refractivity contribution in [3.05, 3.63) is 164 Å². The summed E-state index contributed by atoms with van der Waals surface area (Å²) in [7, 11) is 0. The van der Waals surface area contributed by atoms with Gasteiger partial charge < -0.3 is 18.3 Å². The van der Waals surface area contributed by atoms with E-state index in [1.54, 1.807) is 0 Å². The smallest absolute Gasteiger partial charge is 0.155 e. The molecular formula is C48H27NO4. The summed E-state index contributed by atoms with van der Waals surface area (Å²) in [6, 6.07) is 56.6. The number of hydrogen-bond donors (Lipinski definition) is 0. The molecule has 0 bridgehead atoms. The molecule has 0 amide bonds. The zero-order chi connectivity index (χ0) is 34.6. The summed E-state index contributed by atoms with van der Waals surface area (Å²) in [6.07, 6.45) is 0. The van der Waals surface area contributed by atoms with Gasteiger partial charge in [0.05, 0.1) is 11.4 Å². The third-order valence-corrected chi connectivity index (χ3v) is 10.7. The Bertz CT molecular complexity index is 3130. The number of nitrogens with zero attached hydrogens (tertiary/aromatic N) is 1. The number of para-hydroxylation sites is 3. The van der Waals surface area contributed by atoms with Crippen molar-refractivity contribution in [2.45, 2.75) is 0 Å². The van der Waals surface area contributed by atoms with E-state index in [-0.39, 0.29) is 0 Å². The second-order valence-electron chi connectivity index (χ2n) is 13.6. The van der Waals surface area contributed by atoms with Gasteiger partial charge in [-0.1, -0.05) is 103 Å². The van der Waals surface area contributed by atoms with Crippen LogP contribution in [0.4, 0.5) is 17.1 Å². The molecule has 0 radical (unpaired) electrons. The Morgan fingerprint density at radius 1 is 0.340 bits per heavy atom. The molecule has 5 heteroatoms. The highest BCUT2D eigenvalue weighted by Gasteiger charge is 2.35. The van der Waals surface area contributed by atoms with Crippen molar-refractivity contribution in [1.82, 2.24) is 0 Å². The predicted octanol–water partition coefficient (Wildman–Crippen LogP) is 14.2. The van der Waals surface area contributed by atoms with E-state index in [2.05, 4.69) is 108 Å². The molecule has 53 heavy (non-hydrogen) atoms. The third kappa shape index (κ3) is 4.13. The standard InChI is InChI=1S/C48H27NO4/c1-3-12-38-34(8-1)46-32(10-5-14-40(46)50-38)29-20-18-28(19-21-29)30-22-24-36-44(26-30)52-42-16-7-17-43-48(42)49(36)37-25-23-31(27-45(37)53-43)33-11-6-15-41-47(33)35-9-2-4-13-39(35)51-41/h1-27H. The number of anilines is 3. The molecule has 0 aliphatic carbocycles. The van der Waals surface area contributed by atoms with E-state index in [1.807, 2.05) is 60.7 Å². The van der Waals surface area contributed by atoms with Crippen molar-refractivity contribution in [1.29, 1.82) is 0 Å². The summed E-state index contributed by atoms with van der Waals surface area (Å²) in [5, 5.41) is 4.47. The number of benzene rings is 8. The summed E-state index contributed by atoms with van der Waals surface area (Å²) >= 11 is 0. The summed E-state index contributed by atoms with van der Waals surface area (Å²) < 4.78 is 25.6. The SMILES string of the molecule is c1cc2c3c(c1)Oc1cc(-c4cccc5oc6ccccc6c45)ccc1N3c1ccc(-c3ccc(-c4cccc5oc6ccccc6c45)cc3)cc1O2. The maximum Gasteiger partial charge on any atom is 0.155 e. The second kappa shape index (κ2) is 10.6. The Labute approximate surface area is 303 Å². The van der Waals surface area contributed by atoms with Crippen molar-refractivity contribution >= 4 is 60.9 Å². The van der Waals surface area contributed by atoms with E-state index >= 15 is 0 Å². The first-order valence-electron chi connectivity index (χ1n) is 17.7. The van der Waals surface area contributed by atoms with Crippen LogP contribution < -0.4 is 14.4 Å². The first kappa shape index (κ1) is 28.5. The van der Waals surface area contributed by atoms with Gasteiger partial charge in [-0.2, -0.15) is 0 Å². The summed E-state index contributed by atoms with van der Waals surface area (Å²) in [5.74, 6) is 3.08. The van der Waals surface area contributed by atoms with Crippen LogP contribution in [0.2, 0.25) is 0 Å². The van der Waals surface area contributed by atoms with Crippen LogP contribution >= 0.6 is 0 Å². The minimum Gasteiger partial charge on any atom is -0.456 e. The van der Waals surface area contributed by atoms with Gasteiger partial charge in [-0.05, 0) is 94.0 Å². The van der Waals surface area contributed by atoms with Crippen LogP contribution in [0.5, 0.6) is 23.0 Å². The van der Waals surface area contributed by atoms with E-state index in [4.69, 9.17) is 18.3 Å². The Kier molecular flexibility index (Phi) is 5.71. The van der Waals surface area contributed by atoms with Crippen LogP contribution in [0, 0.1) is 0 Å². The summed E-state index contributed by atoms with van der Waals surface area (Å²) in [6.45, 7) is 0. The van der Waals surface area contributed by atoms with Crippen molar-refractivity contribution in [3.8, 4) is 56.4 Å². The fourth-order valence-corrected chi connectivity index (χ4v) is 8.28. The molecule has 248 valence electrons. The molecule has 0 N–H and O–H groups in total. The highest BCUT2D eigenvalue weighted by molar-refractivity contribution is 6.13. The molecule has 5 nitrogen and oxygen atoms in total. The molecule has 2 aromatic heterocycles. The molecule has 0 spiro atoms. The summed E-state index contributed by atoms with van der Waals surface area (Å²) in [4.78, 5) is 2.27. The minimum atomic E-state index is 0.754. The van der Waals surface area contributed by atoms with Gasteiger partial charge in [-0.3, -0.25) is 4.90 Å². The molecule has 0 atom stereocenters. The molecule has 12 rings (SSSR count). The Morgan fingerprint density at radius 2 is 0.811 bits per heavy atom. The van der Waals surface area contributed by atoms with Gasteiger partial charge in [0.1, 0.15) is 28.0 Å². The van der Waals surface area contributed by atoms with Gasteiger partial charge in [0.2, 0.25) is 0 Å². The molecule has 0 saturated carbocycles. The molecule has 0 fully saturated rings. The highest BCUT2D eigenvalue weighted by Crippen LogP contribution is 2.60. The van der Waals surface area contributed by atoms with E-state index < -0.39 is 0 Å². The molecular weight excluding hydrogens is 655 g/mol. The quantitative estimate of drug-likeness (QED) is 0.186. The lowest BCUT2D eigenvalue weighted by molar-refractivity contribution is 0.446. The molecule has 0 unspecified atom stereocenters. The third-order valence-electron chi connectivity index (χ3n) is 10.7. The normalized spacial score (nSPS) is 12.8. The molecule has 2 aliphatic heterocycles. The maximum atomic E-state index is 6.62. The summed E-state index contributed by atoms with van der Waals surface area (Å²) in [5.41, 5.74) is 13.0. The van der Waals surface area contributed by atoms with Crippen molar-refractivity contribution < 1.29 is 18.3 Å². The van der Waals surface area contributed by atoms with Crippen molar-refractivity contribution in [3.63, 3.8) is 0 Å². The van der Waals surface area contributed by atoms with Gasteiger partial charge >= 0.3 is 0 Å². The number of ether oxygens (including phenoxy) is 2. The lowest BCUT2D eigenvalue weighted by atomic mass is 9.96. The molecule has 0 saturated heterocycles. The number of hydrogen-bond acceptors (Lipinski definition) is 5. The number of furan rings is 2. The van der Waals surface area contributed by atoms with Gasteiger partial charge in [0.25, 0.3) is 0 Å². The average Bonchev–Trinajstić information content (AvgIpc) is 3.79. The van der Waals surface area contributed by atoms with Crippen molar-refractivity contribution in [2.75, 3.05) is 4.90 Å². The maximum absolute atomic E-state index is 6.62. The zero-order valence-electron chi connectivity index (χ0n) is 28.2. The van der Waals surface area contributed by atoms with E-state index in [0.717, 1.165) is 117 Å². The molecule has 2 aliphatic rings. The molecule has 10 aromatic rings. The van der Waals surface area contributed by atoms with Gasteiger partial charge in [0.15, 0.2) is 23.0 Å². The lowest BCUT2D eigenvalue weighted by Gasteiger charge is -2.38. The van der Waals surface area contributed by atoms with Crippen molar-refractivity contribution in [2.24, 2.45) is 0 Å². The van der Waals surface area contributed by atoms with Crippen LogP contribution in [-0.4, -0.2) is 0 Å². The van der Waals surface area contributed by atoms with Crippen LogP contribution in [0.15, 0.2) is 173 Å². The number of fused-ring (bicyclic) bond motifs is 10. The minimum absolute atomic E-state index is 0.754. The highest BCUT2D eigenvalue weighted by atomic mass is 16.5.